The molecule has 0 fully saturated rings. The van der Waals surface area contributed by atoms with Gasteiger partial charge in [-0.25, -0.2) is 4.57 Å². The molecule has 0 saturated carbocycles. The molecule has 0 radical (unpaired) electrons. The first-order valence-electron chi connectivity index (χ1n) is 6.83. The molecule has 6 nitrogen and oxygen atoms in total. The molecule has 0 amide bonds. The molecule has 0 bridgehead atoms. The summed E-state index contributed by atoms with van der Waals surface area (Å²) in [4.78, 5) is 12.5. The van der Waals surface area contributed by atoms with Gasteiger partial charge in [0, 0.05) is 5.56 Å². The average molecular weight is 297 g/mol. The molecule has 0 spiro atoms. The predicted molar refractivity (Wildman–Crippen MR) is 84.0 cm³/mol. The fourth-order valence-corrected chi connectivity index (χ4v) is 2.45. The summed E-state index contributed by atoms with van der Waals surface area (Å²) in [5.74, 6) is 6.94. The highest BCUT2D eigenvalue weighted by Crippen LogP contribution is 2.15. The third-order valence-electron chi connectivity index (χ3n) is 3.67. The molecule has 3 aromatic rings. The number of carbonyl (C=O) groups excluding carboxylic acids is 1. The molecule has 22 heavy (non-hydrogen) atoms. The Hall–Kier alpha value is -3.02. The number of benzene rings is 2. The normalized spacial score (nSPS) is 10.8. The van der Waals surface area contributed by atoms with Gasteiger partial charge in [0.15, 0.2) is 11.3 Å². The van der Waals surface area contributed by atoms with Crippen molar-refractivity contribution >= 4 is 22.8 Å². The quantitative estimate of drug-likeness (QED) is 0.429. The molecule has 0 atom stereocenters. The van der Waals surface area contributed by atoms with E-state index in [-0.39, 0.29) is 12.3 Å². The summed E-state index contributed by atoms with van der Waals surface area (Å²) in [5.41, 5.74) is 8.22. The number of rotatable bonds is 4. The third kappa shape index (κ3) is 2.24. The minimum absolute atomic E-state index is 0.0456. The van der Waals surface area contributed by atoms with Crippen molar-refractivity contribution in [2.24, 2.45) is 0 Å². The summed E-state index contributed by atoms with van der Waals surface area (Å²) in [6.07, 6.45) is 0. The number of methoxy groups -OCH3 is 1. The zero-order valence-electron chi connectivity index (χ0n) is 12.2. The van der Waals surface area contributed by atoms with Gasteiger partial charge in [-0.3, -0.25) is 16.4 Å². The minimum Gasteiger partial charge on any atom is -0.497 e. The van der Waals surface area contributed by atoms with E-state index in [0.29, 0.717) is 17.3 Å². The van der Waals surface area contributed by atoms with E-state index in [0.717, 1.165) is 11.0 Å². The maximum Gasteiger partial charge on any atom is 0.378 e. The lowest BCUT2D eigenvalue weighted by Gasteiger charge is -2.03. The number of nitrogen functional groups attached to an aromatic ring is 2. The van der Waals surface area contributed by atoms with Gasteiger partial charge in [0.25, 0.3) is 0 Å². The van der Waals surface area contributed by atoms with Crippen molar-refractivity contribution in [1.82, 2.24) is 4.68 Å². The molecule has 3 rings (SSSR count). The number of nitrogens with zero attached hydrogens (tertiary/aromatic N) is 2. The van der Waals surface area contributed by atoms with Crippen molar-refractivity contribution in [3.05, 3.63) is 54.1 Å². The van der Waals surface area contributed by atoms with Crippen molar-refractivity contribution in [1.29, 1.82) is 0 Å². The van der Waals surface area contributed by atoms with Gasteiger partial charge in [-0.2, -0.15) is 0 Å². The SMILES string of the molecule is COc1ccc(C(=O)C[n+]2c(N)n(N)c3ccccc32)cc1. The number of Topliss-reactive ketones (excluding diaryl/α,β-unsaturated/α-hetero) is 1. The monoisotopic (exact) mass is 297 g/mol. The van der Waals surface area contributed by atoms with Crippen molar-refractivity contribution < 1.29 is 14.1 Å². The second kappa shape index (κ2) is 5.40. The van der Waals surface area contributed by atoms with Crippen LogP contribution in [0.4, 0.5) is 5.95 Å². The largest absolute Gasteiger partial charge is 0.497 e. The van der Waals surface area contributed by atoms with Gasteiger partial charge in [-0.05, 0) is 36.4 Å². The van der Waals surface area contributed by atoms with Crippen LogP contribution >= 0.6 is 0 Å². The fraction of sp³-hybridized carbons (Fsp3) is 0.125. The van der Waals surface area contributed by atoms with Crippen LogP contribution in [0.15, 0.2) is 48.5 Å². The number of para-hydroxylation sites is 2. The average Bonchev–Trinajstić information content (AvgIpc) is 2.80. The van der Waals surface area contributed by atoms with E-state index >= 15 is 0 Å². The molecular formula is C16H17N4O2+. The lowest BCUT2D eigenvalue weighted by Crippen LogP contribution is -2.41. The molecule has 0 aliphatic carbocycles. The van der Waals surface area contributed by atoms with Gasteiger partial charge >= 0.3 is 5.95 Å². The Balaban J connectivity index is 1.95. The molecule has 0 aliphatic rings. The summed E-state index contributed by atoms with van der Waals surface area (Å²) in [6.45, 7) is 0.128. The first kappa shape index (κ1) is 13.9. The van der Waals surface area contributed by atoms with E-state index in [1.54, 1.807) is 35.9 Å². The van der Waals surface area contributed by atoms with Gasteiger partial charge in [0.05, 0.1) is 7.11 Å². The zero-order chi connectivity index (χ0) is 15.7. The van der Waals surface area contributed by atoms with Crippen LogP contribution < -0.4 is 20.9 Å². The van der Waals surface area contributed by atoms with Crippen LogP contribution in [0.3, 0.4) is 0 Å². The number of nitrogens with two attached hydrogens (primary N) is 2. The Labute approximate surface area is 127 Å². The Morgan fingerprint density at radius 3 is 2.55 bits per heavy atom. The number of ketones is 1. The smallest absolute Gasteiger partial charge is 0.378 e. The topological polar surface area (TPSA) is 87.2 Å². The number of anilines is 1. The van der Waals surface area contributed by atoms with Crippen LogP contribution in [0, 0.1) is 0 Å². The van der Waals surface area contributed by atoms with Gasteiger partial charge < -0.3 is 4.74 Å². The molecule has 6 heteroatoms. The summed E-state index contributed by atoms with van der Waals surface area (Å²) in [7, 11) is 1.59. The molecular weight excluding hydrogens is 280 g/mol. The number of hydrogen-bond acceptors (Lipinski definition) is 4. The number of ether oxygens (including phenoxy) is 1. The lowest BCUT2D eigenvalue weighted by molar-refractivity contribution is -0.642. The highest BCUT2D eigenvalue weighted by molar-refractivity contribution is 5.95. The van der Waals surface area contributed by atoms with Crippen LogP contribution in [-0.2, 0) is 6.54 Å². The Morgan fingerprint density at radius 1 is 1.18 bits per heavy atom. The highest BCUT2D eigenvalue weighted by Gasteiger charge is 2.21. The van der Waals surface area contributed by atoms with E-state index in [9.17, 15) is 4.79 Å². The lowest BCUT2D eigenvalue weighted by atomic mass is 10.1. The van der Waals surface area contributed by atoms with Crippen molar-refractivity contribution in [3.8, 4) is 5.75 Å². The zero-order valence-corrected chi connectivity index (χ0v) is 12.2. The van der Waals surface area contributed by atoms with Crippen molar-refractivity contribution in [2.45, 2.75) is 6.54 Å². The van der Waals surface area contributed by atoms with Crippen molar-refractivity contribution in [3.63, 3.8) is 0 Å². The summed E-state index contributed by atoms with van der Waals surface area (Å²) >= 11 is 0. The number of aromatic nitrogens is 2. The van der Waals surface area contributed by atoms with Crippen LogP contribution in [0.5, 0.6) is 5.75 Å². The first-order chi connectivity index (χ1) is 10.6. The minimum atomic E-state index is -0.0456. The maximum atomic E-state index is 12.5. The van der Waals surface area contributed by atoms with Crippen LogP contribution in [-0.4, -0.2) is 17.6 Å². The number of fused-ring (bicyclic) bond motifs is 1. The molecule has 0 unspecified atom stereocenters. The molecule has 2 aromatic carbocycles. The predicted octanol–water partition coefficient (Wildman–Crippen LogP) is 1.12. The van der Waals surface area contributed by atoms with Gasteiger partial charge in [0.2, 0.25) is 0 Å². The maximum absolute atomic E-state index is 12.5. The third-order valence-corrected chi connectivity index (χ3v) is 3.67. The molecule has 1 aromatic heterocycles. The van der Waals surface area contributed by atoms with E-state index in [2.05, 4.69) is 0 Å². The number of hydrogen-bond donors (Lipinski definition) is 2. The van der Waals surface area contributed by atoms with E-state index in [1.165, 1.54) is 4.68 Å². The second-order valence-corrected chi connectivity index (χ2v) is 4.95. The second-order valence-electron chi connectivity index (χ2n) is 4.95. The summed E-state index contributed by atoms with van der Waals surface area (Å²) in [6, 6.07) is 14.5. The standard InChI is InChI=1S/C16H16N4O2/c1-22-12-8-6-11(7-9-12)15(21)10-19-13-4-2-3-5-14(13)20(18)16(19)17/h2-9,17H,10,18H2,1H3/p+1. The van der Waals surface area contributed by atoms with Gasteiger partial charge in [-0.1, -0.05) is 12.1 Å². The van der Waals surface area contributed by atoms with E-state index < -0.39 is 0 Å². The number of imidazole rings is 1. The fourth-order valence-electron chi connectivity index (χ4n) is 2.45. The van der Waals surface area contributed by atoms with Crippen LogP contribution in [0.25, 0.3) is 11.0 Å². The van der Waals surface area contributed by atoms with E-state index in [1.807, 2.05) is 24.3 Å². The van der Waals surface area contributed by atoms with Crippen molar-refractivity contribution in [2.75, 3.05) is 18.7 Å². The molecule has 0 saturated heterocycles. The first-order valence-corrected chi connectivity index (χ1v) is 6.83. The summed E-state index contributed by atoms with van der Waals surface area (Å²) in [5, 5.41) is 0. The van der Waals surface area contributed by atoms with Crippen LogP contribution in [0.2, 0.25) is 0 Å². The molecule has 0 aliphatic heterocycles. The van der Waals surface area contributed by atoms with Gasteiger partial charge in [-0.15, -0.1) is 4.68 Å². The highest BCUT2D eigenvalue weighted by atomic mass is 16.5. The molecule has 1 heterocycles. The van der Waals surface area contributed by atoms with E-state index in [4.69, 9.17) is 16.3 Å². The van der Waals surface area contributed by atoms with Crippen LogP contribution in [0.1, 0.15) is 10.4 Å². The Bertz CT molecular complexity index is 837. The molecule has 112 valence electrons. The summed E-state index contributed by atoms with van der Waals surface area (Å²) < 4.78 is 8.19. The Kier molecular flexibility index (Phi) is 3.42. The van der Waals surface area contributed by atoms with Gasteiger partial charge in [0.1, 0.15) is 17.8 Å². The number of carbonyl (C=O) groups is 1. The molecule has 4 N–H and O–H groups in total. The Morgan fingerprint density at radius 2 is 1.86 bits per heavy atom.